The zero-order valence-corrected chi connectivity index (χ0v) is 11.9. The topological polar surface area (TPSA) is 64.2 Å². The van der Waals surface area contributed by atoms with Gasteiger partial charge in [0.2, 0.25) is 0 Å². The molecule has 104 valence electrons. The molecule has 2 aromatic rings. The molecule has 2 N–H and O–H groups in total. The van der Waals surface area contributed by atoms with Gasteiger partial charge in [0.15, 0.2) is 0 Å². The lowest BCUT2D eigenvalue weighted by Gasteiger charge is -2.22. The smallest absolute Gasteiger partial charge is 0.262 e. The Labute approximate surface area is 118 Å². The largest absolute Gasteiger partial charge is 0.399 e. The van der Waals surface area contributed by atoms with Gasteiger partial charge in [-0.3, -0.25) is 9.48 Å². The summed E-state index contributed by atoms with van der Waals surface area (Å²) in [7, 11) is 1.84. The molecule has 1 aromatic carbocycles. The van der Waals surface area contributed by atoms with E-state index >= 15 is 0 Å². The molecule has 0 saturated heterocycles. The minimum atomic E-state index is 0.00613. The average Bonchev–Trinajstić information content (AvgIpc) is 2.89. The molecular weight excluding hydrogens is 252 g/mol. The van der Waals surface area contributed by atoms with Gasteiger partial charge in [-0.2, -0.15) is 5.10 Å². The summed E-state index contributed by atoms with van der Waals surface area (Å²) in [6, 6.07) is 5.86. The third-order valence-corrected chi connectivity index (χ3v) is 4.00. The molecule has 5 nitrogen and oxygen atoms in total. The van der Waals surface area contributed by atoms with Crippen LogP contribution in [0.15, 0.2) is 24.4 Å². The molecule has 0 radical (unpaired) electrons. The summed E-state index contributed by atoms with van der Waals surface area (Å²) in [5.74, 6) is 0.00613. The molecule has 1 aromatic heterocycles. The molecule has 0 saturated carbocycles. The molecule has 0 bridgehead atoms. The summed E-state index contributed by atoms with van der Waals surface area (Å²) in [6.07, 6.45) is 2.48. The van der Waals surface area contributed by atoms with Crippen LogP contribution in [0, 0.1) is 6.92 Å². The molecule has 0 aliphatic carbocycles. The molecule has 1 aliphatic rings. The average molecular weight is 270 g/mol. The Morgan fingerprint density at radius 1 is 1.45 bits per heavy atom. The molecule has 1 amide bonds. The first-order valence-corrected chi connectivity index (χ1v) is 6.69. The van der Waals surface area contributed by atoms with Gasteiger partial charge in [-0.25, -0.2) is 0 Å². The molecular formula is C15H18N4O. The highest BCUT2D eigenvalue weighted by molar-refractivity contribution is 6.08. The van der Waals surface area contributed by atoms with Crippen LogP contribution >= 0.6 is 0 Å². The Balaban J connectivity index is 2.03. The van der Waals surface area contributed by atoms with Gasteiger partial charge < -0.3 is 10.6 Å². The number of carbonyl (C=O) groups is 1. The van der Waals surface area contributed by atoms with Gasteiger partial charge in [0, 0.05) is 30.2 Å². The molecule has 1 unspecified atom stereocenters. The lowest BCUT2D eigenvalue weighted by molar-refractivity contribution is 0.0981. The maximum Gasteiger partial charge on any atom is 0.262 e. The number of rotatable bonds is 1. The fourth-order valence-corrected chi connectivity index (χ4v) is 2.80. The van der Waals surface area contributed by atoms with E-state index in [0.717, 1.165) is 29.1 Å². The van der Waals surface area contributed by atoms with E-state index in [2.05, 4.69) is 12.0 Å². The van der Waals surface area contributed by atoms with Crippen molar-refractivity contribution in [3.8, 4) is 0 Å². The van der Waals surface area contributed by atoms with Crippen molar-refractivity contribution in [2.45, 2.75) is 26.3 Å². The number of nitrogens with zero attached hydrogens (tertiary/aromatic N) is 3. The number of amides is 1. The Morgan fingerprint density at radius 3 is 2.85 bits per heavy atom. The molecule has 2 heterocycles. The number of aryl methyl sites for hydroxylation is 1. The van der Waals surface area contributed by atoms with Crippen LogP contribution in [-0.2, 0) is 13.5 Å². The van der Waals surface area contributed by atoms with Crippen molar-refractivity contribution in [2.24, 2.45) is 7.05 Å². The summed E-state index contributed by atoms with van der Waals surface area (Å²) in [5, 5.41) is 4.15. The maximum absolute atomic E-state index is 12.8. The summed E-state index contributed by atoms with van der Waals surface area (Å²) in [5.41, 5.74) is 10.2. The fraction of sp³-hybridized carbons (Fsp3) is 0.333. The molecule has 0 spiro atoms. The van der Waals surface area contributed by atoms with Crippen LogP contribution in [0.25, 0.3) is 0 Å². The lowest BCUT2D eigenvalue weighted by Crippen LogP contribution is -2.35. The van der Waals surface area contributed by atoms with Crippen LogP contribution in [0.1, 0.15) is 28.5 Å². The Morgan fingerprint density at radius 2 is 2.20 bits per heavy atom. The second-order valence-electron chi connectivity index (χ2n) is 5.38. The normalized spacial score (nSPS) is 17.4. The molecule has 5 heteroatoms. The van der Waals surface area contributed by atoms with Gasteiger partial charge in [0.1, 0.15) is 0 Å². The highest BCUT2D eigenvalue weighted by Crippen LogP contribution is 2.34. The second kappa shape index (κ2) is 4.37. The molecule has 0 fully saturated rings. The lowest BCUT2D eigenvalue weighted by atomic mass is 10.1. The first kappa shape index (κ1) is 12.7. The predicted octanol–water partition coefficient (Wildman–Crippen LogP) is 1.90. The Bertz CT molecular complexity index is 689. The van der Waals surface area contributed by atoms with Gasteiger partial charge in [-0.1, -0.05) is 0 Å². The third-order valence-electron chi connectivity index (χ3n) is 4.00. The van der Waals surface area contributed by atoms with Gasteiger partial charge >= 0.3 is 0 Å². The van der Waals surface area contributed by atoms with Gasteiger partial charge in [0.05, 0.1) is 11.8 Å². The number of anilines is 2. The zero-order valence-electron chi connectivity index (χ0n) is 11.9. The highest BCUT2D eigenvalue weighted by atomic mass is 16.2. The Hall–Kier alpha value is -2.30. The van der Waals surface area contributed by atoms with Crippen molar-refractivity contribution in [1.29, 1.82) is 0 Å². The first-order valence-electron chi connectivity index (χ1n) is 6.69. The number of carbonyl (C=O) groups excluding carboxylic acids is 1. The SMILES string of the molecule is Cc1c(C(=O)N2c3ccc(N)cc3CC2C)cnn1C. The van der Waals surface area contributed by atoms with Crippen molar-refractivity contribution in [3.63, 3.8) is 0 Å². The molecule has 1 aliphatic heterocycles. The van der Waals surface area contributed by atoms with Crippen molar-refractivity contribution in [1.82, 2.24) is 9.78 Å². The molecule has 20 heavy (non-hydrogen) atoms. The van der Waals surface area contributed by atoms with Gasteiger partial charge in [-0.15, -0.1) is 0 Å². The van der Waals surface area contributed by atoms with Crippen LogP contribution in [-0.4, -0.2) is 21.7 Å². The minimum Gasteiger partial charge on any atom is -0.399 e. The van der Waals surface area contributed by atoms with Crippen LogP contribution in [0.5, 0.6) is 0 Å². The maximum atomic E-state index is 12.8. The predicted molar refractivity (Wildman–Crippen MR) is 78.8 cm³/mol. The number of hydrogen-bond donors (Lipinski definition) is 1. The standard InChI is InChI=1S/C15H18N4O/c1-9-6-11-7-12(16)4-5-14(11)19(9)15(20)13-8-17-18(3)10(13)2/h4-5,7-9H,6,16H2,1-3H3. The van der Waals surface area contributed by atoms with E-state index in [0.29, 0.717) is 5.56 Å². The summed E-state index contributed by atoms with van der Waals surface area (Å²) in [6.45, 7) is 3.96. The van der Waals surface area contributed by atoms with Crippen molar-refractivity contribution < 1.29 is 4.79 Å². The van der Waals surface area contributed by atoms with E-state index in [9.17, 15) is 4.79 Å². The minimum absolute atomic E-state index is 0.00613. The number of fused-ring (bicyclic) bond motifs is 1. The van der Waals surface area contributed by atoms with E-state index in [1.165, 1.54) is 0 Å². The van der Waals surface area contributed by atoms with Gasteiger partial charge in [-0.05, 0) is 44.0 Å². The van der Waals surface area contributed by atoms with Crippen LogP contribution in [0.4, 0.5) is 11.4 Å². The number of hydrogen-bond acceptors (Lipinski definition) is 3. The number of aromatic nitrogens is 2. The third kappa shape index (κ3) is 1.78. The first-order chi connectivity index (χ1) is 9.49. The Kier molecular flexibility index (Phi) is 2.78. The van der Waals surface area contributed by atoms with Crippen molar-refractivity contribution in [3.05, 3.63) is 41.2 Å². The number of nitrogen functional groups attached to an aromatic ring is 1. The summed E-state index contributed by atoms with van der Waals surface area (Å²) >= 11 is 0. The van der Waals surface area contributed by atoms with E-state index in [1.807, 2.05) is 37.1 Å². The van der Waals surface area contributed by atoms with Crippen molar-refractivity contribution >= 4 is 17.3 Å². The molecule has 1 atom stereocenters. The van der Waals surface area contributed by atoms with Crippen molar-refractivity contribution in [2.75, 3.05) is 10.6 Å². The van der Waals surface area contributed by atoms with Crippen LogP contribution in [0.3, 0.4) is 0 Å². The molecule has 3 rings (SSSR count). The summed E-state index contributed by atoms with van der Waals surface area (Å²) < 4.78 is 1.72. The second-order valence-corrected chi connectivity index (χ2v) is 5.38. The fourth-order valence-electron chi connectivity index (χ4n) is 2.80. The van der Waals surface area contributed by atoms with E-state index in [-0.39, 0.29) is 11.9 Å². The highest BCUT2D eigenvalue weighted by Gasteiger charge is 2.32. The van der Waals surface area contributed by atoms with E-state index < -0.39 is 0 Å². The van der Waals surface area contributed by atoms with E-state index in [4.69, 9.17) is 5.73 Å². The van der Waals surface area contributed by atoms with Crippen LogP contribution < -0.4 is 10.6 Å². The zero-order chi connectivity index (χ0) is 14.4. The summed E-state index contributed by atoms with van der Waals surface area (Å²) in [4.78, 5) is 14.6. The number of benzene rings is 1. The quantitative estimate of drug-likeness (QED) is 0.805. The number of nitrogens with two attached hydrogens (primary N) is 1. The van der Waals surface area contributed by atoms with E-state index in [1.54, 1.807) is 10.9 Å². The van der Waals surface area contributed by atoms with Gasteiger partial charge in [0.25, 0.3) is 5.91 Å². The monoisotopic (exact) mass is 270 g/mol. The van der Waals surface area contributed by atoms with Crippen LogP contribution in [0.2, 0.25) is 0 Å².